The van der Waals surface area contributed by atoms with Gasteiger partial charge in [0.25, 0.3) is 0 Å². The van der Waals surface area contributed by atoms with Crippen LogP contribution < -0.4 is 5.32 Å². The number of rotatable bonds is 4. The summed E-state index contributed by atoms with van der Waals surface area (Å²) in [6, 6.07) is 9.84. The molecule has 4 nitrogen and oxygen atoms in total. The molecule has 0 amide bonds. The van der Waals surface area contributed by atoms with Crippen LogP contribution in [0.15, 0.2) is 49.2 Å². The molecule has 2 unspecified atom stereocenters. The van der Waals surface area contributed by atoms with E-state index in [9.17, 15) is 0 Å². The van der Waals surface area contributed by atoms with Crippen molar-refractivity contribution >= 4 is 10.9 Å². The molecule has 2 atom stereocenters. The molecule has 21 heavy (non-hydrogen) atoms. The zero-order valence-electron chi connectivity index (χ0n) is 12.0. The summed E-state index contributed by atoms with van der Waals surface area (Å²) in [4.78, 5) is 7.42. The maximum Gasteiger partial charge on any atom is 0.0949 e. The Bertz CT molecular complexity index is 713. The van der Waals surface area contributed by atoms with E-state index < -0.39 is 0 Å². The lowest BCUT2D eigenvalue weighted by Crippen LogP contribution is -2.33. The van der Waals surface area contributed by atoms with Crippen molar-refractivity contribution in [1.29, 1.82) is 0 Å². The van der Waals surface area contributed by atoms with Gasteiger partial charge in [0.2, 0.25) is 0 Å². The summed E-state index contributed by atoms with van der Waals surface area (Å²) < 4.78 is 2.25. The molecule has 1 saturated carbocycles. The molecular formula is C17H20N4. The van der Waals surface area contributed by atoms with E-state index in [-0.39, 0.29) is 0 Å². The first kappa shape index (κ1) is 12.7. The van der Waals surface area contributed by atoms with E-state index in [1.807, 2.05) is 18.7 Å². The van der Waals surface area contributed by atoms with E-state index in [2.05, 4.69) is 50.3 Å². The second kappa shape index (κ2) is 5.37. The van der Waals surface area contributed by atoms with E-state index in [0.717, 1.165) is 6.54 Å². The third kappa shape index (κ3) is 2.47. The maximum atomic E-state index is 4.18. The summed E-state index contributed by atoms with van der Waals surface area (Å²) in [7, 11) is 0. The van der Waals surface area contributed by atoms with Crippen LogP contribution in [0.2, 0.25) is 0 Å². The Morgan fingerprint density at radius 1 is 1.29 bits per heavy atom. The summed E-state index contributed by atoms with van der Waals surface area (Å²) in [6.07, 6.45) is 11.7. The molecule has 0 saturated heterocycles. The van der Waals surface area contributed by atoms with Gasteiger partial charge in [-0.25, -0.2) is 4.98 Å². The monoisotopic (exact) mass is 280 g/mol. The highest BCUT2D eigenvalue weighted by Gasteiger charge is 2.27. The van der Waals surface area contributed by atoms with Crippen molar-refractivity contribution in [3.63, 3.8) is 0 Å². The molecule has 1 aliphatic rings. The van der Waals surface area contributed by atoms with Gasteiger partial charge in [-0.15, -0.1) is 0 Å². The van der Waals surface area contributed by atoms with E-state index in [4.69, 9.17) is 0 Å². The fourth-order valence-electron chi connectivity index (χ4n) is 3.46. The molecule has 0 spiro atoms. The lowest BCUT2D eigenvalue weighted by atomic mass is 10.1. The first-order valence-corrected chi connectivity index (χ1v) is 7.67. The van der Waals surface area contributed by atoms with Crippen molar-refractivity contribution in [1.82, 2.24) is 19.9 Å². The molecular weight excluding hydrogens is 260 g/mol. The zero-order chi connectivity index (χ0) is 14.1. The van der Waals surface area contributed by atoms with Crippen LogP contribution in [-0.4, -0.2) is 20.6 Å². The van der Waals surface area contributed by atoms with E-state index >= 15 is 0 Å². The number of fused-ring (bicyclic) bond motifs is 1. The molecule has 2 aromatic heterocycles. The number of imidazole rings is 1. The summed E-state index contributed by atoms with van der Waals surface area (Å²) in [5.74, 6) is 0. The second-order valence-corrected chi connectivity index (χ2v) is 5.89. The predicted molar refractivity (Wildman–Crippen MR) is 84.0 cm³/mol. The Kier molecular flexibility index (Phi) is 3.24. The van der Waals surface area contributed by atoms with Crippen molar-refractivity contribution in [2.75, 3.05) is 0 Å². The molecule has 4 heteroatoms. The van der Waals surface area contributed by atoms with Gasteiger partial charge in [-0.3, -0.25) is 0 Å². The van der Waals surface area contributed by atoms with Gasteiger partial charge in [0.15, 0.2) is 0 Å². The standard InChI is InChI=1S/C17H20N4/c1-2-16(17(3-1)21-9-8-18-12-21)20-11-13-4-5-15-14(10-13)6-7-19-15/h4-10,12,16-17,19-20H,1-3,11H2. The molecule has 1 aliphatic carbocycles. The summed E-state index contributed by atoms with van der Waals surface area (Å²) in [5, 5.41) is 5.02. The topological polar surface area (TPSA) is 45.6 Å². The quantitative estimate of drug-likeness (QED) is 0.770. The van der Waals surface area contributed by atoms with E-state index in [0.29, 0.717) is 12.1 Å². The predicted octanol–water partition coefficient (Wildman–Crippen LogP) is 3.25. The highest BCUT2D eigenvalue weighted by molar-refractivity contribution is 5.79. The van der Waals surface area contributed by atoms with Crippen LogP contribution in [0.4, 0.5) is 0 Å². The van der Waals surface area contributed by atoms with Crippen LogP contribution in [0.3, 0.4) is 0 Å². The summed E-state index contributed by atoms with van der Waals surface area (Å²) >= 11 is 0. The Morgan fingerprint density at radius 3 is 3.19 bits per heavy atom. The van der Waals surface area contributed by atoms with Crippen molar-refractivity contribution in [3.05, 3.63) is 54.7 Å². The number of benzene rings is 1. The lowest BCUT2D eigenvalue weighted by Gasteiger charge is -2.22. The second-order valence-electron chi connectivity index (χ2n) is 5.89. The number of aromatic nitrogens is 3. The van der Waals surface area contributed by atoms with Gasteiger partial charge in [0, 0.05) is 42.7 Å². The first-order valence-electron chi connectivity index (χ1n) is 7.67. The van der Waals surface area contributed by atoms with E-state index in [1.165, 1.54) is 35.7 Å². The maximum absolute atomic E-state index is 4.18. The van der Waals surface area contributed by atoms with Crippen molar-refractivity contribution < 1.29 is 0 Å². The number of nitrogens with zero attached hydrogens (tertiary/aromatic N) is 2. The largest absolute Gasteiger partial charge is 0.361 e. The molecule has 0 aliphatic heterocycles. The third-order valence-corrected chi connectivity index (χ3v) is 4.57. The normalized spacial score (nSPS) is 22.1. The Morgan fingerprint density at radius 2 is 2.29 bits per heavy atom. The number of nitrogens with one attached hydrogen (secondary N) is 2. The highest BCUT2D eigenvalue weighted by atomic mass is 15.1. The van der Waals surface area contributed by atoms with Crippen molar-refractivity contribution in [2.45, 2.75) is 37.9 Å². The van der Waals surface area contributed by atoms with Crippen LogP contribution in [0.1, 0.15) is 30.9 Å². The number of aromatic amines is 1. The molecule has 1 fully saturated rings. The summed E-state index contributed by atoms with van der Waals surface area (Å²) in [6.45, 7) is 0.928. The van der Waals surface area contributed by atoms with Crippen LogP contribution in [-0.2, 0) is 6.54 Å². The third-order valence-electron chi connectivity index (χ3n) is 4.57. The number of hydrogen-bond donors (Lipinski definition) is 2. The molecule has 108 valence electrons. The minimum atomic E-state index is 0.543. The van der Waals surface area contributed by atoms with Gasteiger partial charge >= 0.3 is 0 Å². The molecule has 3 aromatic rings. The lowest BCUT2D eigenvalue weighted by molar-refractivity contribution is 0.390. The Labute approximate surface area is 124 Å². The van der Waals surface area contributed by atoms with Crippen LogP contribution in [0.5, 0.6) is 0 Å². The summed E-state index contributed by atoms with van der Waals surface area (Å²) in [5.41, 5.74) is 2.55. The Hall–Kier alpha value is -2.07. The first-order chi connectivity index (χ1) is 10.4. The fourth-order valence-corrected chi connectivity index (χ4v) is 3.46. The zero-order valence-corrected chi connectivity index (χ0v) is 12.0. The van der Waals surface area contributed by atoms with Crippen LogP contribution in [0.25, 0.3) is 10.9 Å². The molecule has 1 aromatic carbocycles. The molecule has 2 heterocycles. The van der Waals surface area contributed by atoms with Gasteiger partial charge in [-0.1, -0.05) is 6.07 Å². The highest BCUT2D eigenvalue weighted by Crippen LogP contribution is 2.30. The fraction of sp³-hybridized carbons (Fsp3) is 0.353. The van der Waals surface area contributed by atoms with Crippen molar-refractivity contribution in [2.24, 2.45) is 0 Å². The van der Waals surface area contributed by atoms with E-state index in [1.54, 1.807) is 0 Å². The van der Waals surface area contributed by atoms with Gasteiger partial charge in [0.05, 0.1) is 6.33 Å². The molecule has 0 radical (unpaired) electrons. The van der Waals surface area contributed by atoms with Gasteiger partial charge in [-0.05, 0) is 48.4 Å². The molecule has 0 bridgehead atoms. The average molecular weight is 280 g/mol. The number of hydrogen-bond acceptors (Lipinski definition) is 2. The minimum absolute atomic E-state index is 0.543. The van der Waals surface area contributed by atoms with Crippen LogP contribution in [0, 0.1) is 0 Å². The average Bonchev–Trinajstić information content (AvgIpc) is 3.24. The van der Waals surface area contributed by atoms with Crippen LogP contribution >= 0.6 is 0 Å². The smallest absolute Gasteiger partial charge is 0.0949 e. The SMILES string of the molecule is c1cn(C2CCCC2NCc2ccc3[nH]ccc3c2)cn1. The van der Waals surface area contributed by atoms with Gasteiger partial charge in [-0.2, -0.15) is 0 Å². The Balaban J connectivity index is 1.45. The number of H-pyrrole nitrogens is 1. The van der Waals surface area contributed by atoms with Crippen molar-refractivity contribution in [3.8, 4) is 0 Å². The van der Waals surface area contributed by atoms with Gasteiger partial charge < -0.3 is 14.9 Å². The molecule has 4 rings (SSSR count). The minimum Gasteiger partial charge on any atom is -0.361 e. The molecule has 2 N–H and O–H groups in total. The van der Waals surface area contributed by atoms with Gasteiger partial charge in [0.1, 0.15) is 0 Å².